The number of Topliss-reactive ketones (excluding diaryl/α,β-unsaturated/α-hetero) is 1. The molecular weight excluding hydrogens is 381 g/mol. The molecule has 0 aliphatic carbocycles. The highest BCUT2D eigenvalue weighted by Gasteiger charge is 2.20. The quantitative estimate of drug-likeness (QED) is 0.431. The summed E-state index contributed by atoms with van der Waals surface area (Å²) in [6, 6.07) is 4.38. The van der Waals surface area contributed by atoms with E-state index < -0.39 is 6.43 Å². The van der Waals surface area contributed by atoms with Crippen LogP contribution in [0.15, 0.2) is 18.2 Å². The van der Waals surface area contributed by atoms with Crippen molar-refractivity contribution < 1.29 is 13.6 Å². The Bertz CT molecular complexity index is 380. The Hall–Kier alpha value is -0.0400. The molecule has 0 bridgehead atoms. The van der Waals surface area contributed by atoms with E-state index in [9.17, 15) is 13.6 Å². The standard InChI is InChI=1S/C10H8BrF2IO/c1-5(11)9(15)6-3-2-4-7(8(6)14)10(12)13/h2-5,10H,1H3. The summed E-state index contributed by atoms with van der Waals surface area (Å²) < 4.78 is 25.4. The van der Waals surface area contributed by atoms with Gasteiger partial charge in [-0.05, 0) is 29.5 Å². The van der Waals surface area contributed by atoms with Crippen LogP contribution in [0.3, 0.4) is 0 Å². The summed E-state index contributed by atoms with van der Waals surface area (Å²) in [7, 11) is 0. The maximum Gasteiger partial charge on any atom is 0.264 e. The summed E-state index contributed by atoms with van der Waals surface area (Å²) in [4.78, 5) is 11.3. The summed E-state index contributed by atoms with van der Waals surface area (Å²) in [5.74, 6) is -0.179. The number of carbonyl (C=O) groups excluding carboxylic acids is 1. The van der Waals surface area contributed by atoms with E-state index in [1.807, 2.05) is 0 Å². The Morgan fingerprint density at radius 3 is 2.53 bits per heavy atom. The van der Waals surface area contributed by atoms with Gasteiger partial charge in [0.25, 0.3) is 6.43 Å². The van der Waals surface area contributed by atoms with Crippen LogP contribution in [0.1, 0.15) is 29.3 Å². The second-order valence-electron chi connectivity index (χ2n) is 2.99. The van der Waals surface area contributed by atoms with Crippen LogP contribution in [-0.2, 0) is 0 Å². The Morgan fingerprint density at radius 1 is 1.47 bits per heavy atom. The molecule has 0 saturated carbocycles. The van der Waals surface area contributed by atoms with Crippen LogP contribution in [0.2, 0.25) is 0 Å². The van der Waals surface area contributed by atoms with Crippen molar-refractivity contribution in [3.05, 3.63) is 32.9 Å². The highest BCUT2D eigenvalue weighted by Crippen LogP contribution is 2.28. The Kier molecular flexibility index (Phi) is 4.64. The van der Waals surface area contributed by atoms with Gasteiger partial charge < -0.3 is 0 Å². The minimum absolute atomic E-state index is 0.0883. The van der Waals surface area contributed by atoms with E-state index in [0.717, 1.165) is 0 Å². The highest BCUT2D eigenvalue weighted by atomic mass is 127. The van der Waals surface area contributed by atoms with Gasteiger partial charge >= 0.3 is 0 Å². The molecule has 0 aliphatic heterocycles. The van der Waals surface area contributed by atoms with Crippen molar-refractivity contribution >= 4 is 44.3 Å². The van der Waals surface area contributed by atoms with Gasteiger partial charge in [-0.15, -0.1) is 0 Å². The van der Waals surface area contributed by atoms with Crippen molar-refractivity contribution in [2.75, 3.05) is 0 Å². The van der Waals surface area contributed by atoms with Crippen molar-refractivity contribution in [2.45, 2.75) is 18.2 Å². The van der Waals surface area contributed by atoms with Crippen molar-refractivity contribution in [3.63, 3.8) is 0 Å². The average molecular weight is 389 g/mol. The molecule has 0 N–H and O–H groups in total. The van der Waals surface area contributed by atoms with Gasteiger partial charge in [-0.25, -0.2) is 8.78 Å². The first-order valence-corrected chi connectivity index (χ1v) is 6.19. The first-order chi connectivity index (χ1) is 6.95. The van der Waals surface area contributed by atoms with Gasteiger partial charge in [-0.3, -0.25) is 4.79 Å². The minimum atomic E-state index is -2.55. The van der Waals surface area contributed by atoms with Crippen LogP contribution in [0.4, 0.5) is 8.78 Å². The second kappa shape index (κ2) is 5.34. The first-order valence-electron chi connectivity index (χ1n) is 4.20. The Balaban J connectivity index is 3.21. The van der Waals surface area contributed by atoms with Crippen molar-refractivity contribution in [3.8, 4) is 0 Å². The average Bonchev–Trinajstić information content (AvgIpc) is 2.16. The maximum atomic E-state index is 12.5. The van der Waals surface area contributed by atoms with E-state index >= 15 is 0 Å². The van der Waals surface area contributed by atoms with Crippen molar-refractivity contribution in [1.29, 1.82) is 0 Å². The van der Waals surface area contributed by atoms with E-state index in [1.54, 1.807) is 35.6 Å². The molecule has 0 aromatic heterocycles. The third-order valence-electron chi connectivity index (χ3n) is 1.89. The normalized spacial score (nSPS) is 12.9. The minimum Gasteiger partial charge on any atom is -0.293 e. The summed E-state index contributed by atoms with van der Waals surface area (Å²) in [6.07, 6.45) is -2.55. The molecule has 82 valence electrons. The molecule has 1 nitrogen and oxygen atoms in total. The van der Waals surface area contributed by atoms with E-state index in [1.165, 1.54) is 12.1 Å². The molecule has 1 aromatic carbocycles. The molecule has 0 heterocycles. The Morgan fingerprint density at radius 2 is 2.07 bits per heavy atom. The SMILES string of the molecule is CC(Br)C(=O)c1cccc(C(F)F)c1I. The zero-order valence-corrected chi connectivity index (χ0v) is 11.6. The molecule has 15 heavy (non-hydrogen) atoms. The number of rotatable bonds is 3. The fourth-order valence-corrected chi connectivity index (χ4v) is 2.23. The molecule has 0 radical (unpaired) electrons. The molecule has 0 amide bonds. The van der Waals surface area contributed by atoms with Gasteiger partial charge in [0.2, 0.25) is 0 Å². The highest BCUT2D eigenvalue weighted by molar-refractivity contribution is 14.1. The first kappa shape index (κ1) is 13.0. The lowest BCUT2D eigenvalue weighted by Crippen LogP contribution is -2.12. The summed E-state index contributed by atoms with van der Waals surface area (Å²) in [6.45, 7) is 1.67. The zero-order valence-electron chi connectivity index (χ0n) is 7.81. The van der Waals surface area contributed by atoms with Crippen LogP contribution in [0.5, 0.6) is 0 Å². The fourth-order valence-electron chi connectivity index (χ4n) is 1.12. The van der Waals surface area contributed by atoms with E-state index in [0.29, 0.717) is 9.13 Å². The number of alkyl halides is 3. The third-order valence-corrected chi connectivity index (χ3v) is 3.51. The molecule has 1 rings (SSSR count). The molecule has 0 fully saturated rings. The van der Waals surface area contributed by atoms with Gasteiger partial charge in [-0.1, -0.05) is 34.1 Å². The number of halogens is 4. The van der Waals surface area contributed by atoms with Crippen LogP contribution in [0.25, 0.3) is 0 Å². The fraction of sp³-hybridized carbons (Fsp3) is 0.300. The molecule has 0 saturated heterocycles. The van der Waals surface area contributed by atoms with Gasteiger partial charge in [-0.2, -0.15) is 0 Å². The lowest BCUT2D eigenvalue weighted by molar-refractivity contribution is 0.0994. The van der Waals surface area contributed by atoms with Crippen LogP contribution in [-0.4, -0.2) is 10.6 Å². The molecule has 1 aromatic rings. The zero-order chi connectivity index (χ0) is 11.6. The maximum absolute atomic E-state index is 12.5. The smallest absolute Gasteiger partial charge is 0.264 e. The molecule has 5 heteroatoms. The van der Waals surface area contributed by atoms with Crippen molar-refractivity contribution in [1.82, 2.24) is 0 Å². The number of hydrogen-bond donors (Lipinski definition) is 0. The predicted molar refractivity (Wildman–Crippen MR) is 66.8 cm³/mol. The van der Waals surface area contributed by atoms with E-state index in [4.69, 9.17) is 0 Å². The number of benzene rings is 1. The van der Waals surface area contributed by atoms with E-state index in [-0.39, 0.29) is 16.2 Å². The molecule has 0 aliphatic rings. The van der Waals surface area contributed by atoms with E-state index in [2.05, 4.69) is 15.9 Å². The topological polar surface area (TPSA) is 17.1 Å². The molecule has 1 unspecified atom stereocenters. The third kappa shape index (κ3) is 2.96. The molecule has 0 spiro atoms. The largest absolute Gasteiger partial charge is 0.293 e. The van der Waals surface area contributed by atoms with Crippen molar-refractivity contribution in [2.24, 2.45) is 0 Å². The summed E-state index contributed by atoms with van der Waals surface area (Å²) >= 11 is 4.91. The number of hydrogen-bond acceptors (Lipinski definition) is 1. The number of ketones is 1. The molecule has 1 atom stereocenters. The van der Waals surface area contributed by atoms with Crippen LogP contribution < -0.4 is 0 Å². The summed E-state index contributed by atoms with van der Waals surface area (Å²) in [5, 5.41) is 0. The van der Waals surface area contributed by atoms with Gasteiger partial charge in [0.15, 0.2) is 5.78 Å². The summed E-state index contributed by atoms with van der Waals surface area (Å²) in [5.41, 5.74) is 0.257. The Labute approximate surface area is 109 Å². The van der Waals surface area contributed by atoms with Gasteiger partial charge in [0.1, 0.15) is 0 Å². The lowest BCUT2D eigenvalue weighted by atomic mass is 10.1. The van der Waals surface area contributed by atoms with Crippen LogP contribution >= 0.6 is 38.5 Å². The molecular formula is C10H8BrF2IO. The van der Waals surface area contributed by atoms with Gasteiger partial charge in [0.05, 0.1) is 4.83 Å². The second-order valence-corrected chi connectivity index (χ2v) is 5.44. The van der Waals surface area contributed by atoms with Crippen LogP contribution in [0, 0.1) is 3.57 Å². The monoisotopic (exact) mass is 388 g/mol. The predicted octanol–water partition coefficient (Wildman–Crippen LogP) is 4.19. The number of carbonyl (C=O) groups is 1. The van der Waals surface area contributed by atoms with Gasteiger partial charge in [0, 0.05) is 14.7 Å². The lowest BCUT2D eigenvalue weighted by Gasteiger charge is -2.09.